The summed E-state index contributed by atoms with van der Waals surface area (Å²) < 4.78 is 0. The van der Waals surface area contributed by atoms with Gasteiger partial charge in [-0.3, -0.25) is 9.78 Å². The number of benzene rings is 1. The number of carboxylic acid groups (broad SMARTS) is 1. The molecular formula is C17H16N2O3. The van der Waals surface area contributed by atoms with Crippen molar-refractivity contribution in [2.75, 3.05) is 6.54 Å². The first kappa shape index (κ1) is 14.3. The molecule has 0 aliphatic carbocycles. The van der Waals surface area contributed by atoms with Crippen LogP contribution in [0.2, 0.25) is 0 Å². The summed E-state index contributed by atoms with van der Waals surface area (Å²) >= 11 is 0. The largest absolute Gasteiger partial charge is 0.480 e. The molecule has 22 heavy (non-hydrogen) atoms. The highest BCUT2D eigenvalue weighted by atomic mass is 16.4. The number of carbonyl (C=O) groups is 2. The minimum Gasteiger partial charge on any atom is -0.480 e. The minimum atomic E-state index is -0.936. The molecule has 5 nitrogen and oxygen atoms in total. The molecule has 1 aliphatic rings. The molecule has 2 aromatic rings. The van der Waals surface area contributed by atoms with Crippen LogP contribution >= 0.6 is 0 Å². The number of carbonyl (C=O) groups excluding carboxylic acids is 1. The van der Waals surface area contributed by atoms with E-state index in [0.717, 1.165) is 22.9 Å². The first-order chi connectivity index (χ1) is 10.7. The van der Waals surface area contributed by atoms with Crippen molar-refractivity contribution in [3.8, 4) is 0 Å². The van der Waals surface area contributed by atoms with Gasteiger partial charge in [0.2, 0.25) is 5.91 Å². The standard InChI is InChI=1S/C17H16N2O3/c20-16(19-11-3-6-15(19)17(21)22)8-7-12-9-10-18-14-5-2-1-4-13(12)14/h1-2,4-5,7-10,15H,3,6,11H2,(H,21,22)/b8-7+/t15-/m1/s1. The molecule has 1 aromatic carbocycles. The number of pyridine rings is 1. The zero-order valence-electron chi connectivity index (χ0n) is 12.0. The van der Waals surface area contributed by atoms with Gasteiger partial charge in [-0.2, -0.15) is 0 Å². The second kappa shape index (κ2) is 5.97. The van der Waals surface area contributed by atoms with E-state index in [1.54, 1.807) is 12.3 Å². The lowest BCUT2D eigenvalue weighted by Crippen LogP contribution is -2.39. The Balaban J connectivity index is 1.84. The molecular weight excluding hydrogens is 280 g/mol. The van der Waals surface area contributed by atoms with Gasteiger partial charge >= 0.3 is 5.97 Å². The molecule has 0 spiro atoms. The topological polar surface area (TPSA) is 70.5 Å². The summed E-state index contributed by atoms with van der Waals surface area (Å²) in [7, 11) is 0. The Morgan fingerprint density at radius 2 is 2.09 bits per heavy atom. The SMILES string of the molecule is O=C(O)[C@H]1CCCN1C(=O)/C=C/c1ccnc2ccccc12. The van der Waals surface area contributed by atoms with Crippen molar-refractivity contribution in [3.63, 3.8) is 0 Å². The number of rotatable bonds is 3. The third-order valence-corrected chi connectivity index (χ3v) is 3.91. The number of likely N-dealkylation sites (tertiary alicyclic amines) is 1. The fraction of sp³-hybridized carbons (Fsp3) is 0.235. The second-order valence-corrected chi connectivity index (χ2v) is 5.28. The van der Waals surface area contributed by atoms with Gasteiger partial charge in [0, 0.05) is 24.2 Å². The van der Waals surface area contributed by atoms with Crippen LogP contribution in [-0.2, 0) is 9.59 Å². The summed E-state index contributed by atoms with van der Waals surface area (Å²) in [6.07, 6.45) is 6.12. The van der Waals surface area contributed by atoms with Crippen LogP contribution in [0.3, 0.4) is 0 Å². The lowest BCUT2D eigenvalue weighted by atomic mass is 10.1. The van der Waals surface area contributed by atoms with Crippen LogP contribution in [0.25, 0.3) is 17.0 Å². The number of nitrogens with zero attached hydrogens (tertiary/aromatic N) is 2. The Morgan fingerprint density at radius 1 is 1.27 bits per heavy atom. The van der Waals surface area contributed by atoms with Crippen LogP contribution in [0.1, 0.15) is 18.4 Å². The molecule has 1 aromatic heterocycles. The Hall–Kier alpha value is -2.69. The minimum absolute atomic E-state index is 0.259. The van der Waals surface area contributed by atoms with Gasteiger partial charge in [0.25, 0.3) is 0 Å². The van der Waals surface area contributed by atoms with E-state index in [1.807, 2.05) is 30.3 Å². The van der Waals surface area contributed by atoms with Gasteiger partial charge in [0.1, 0.15) is 6.04 Å². The number of hydrogen-bond donors (Lipinski definition) is 1. The predicted molar refractivity (Wildman–Crippen MR) is 83.1 cm³/mol. The van der Waals surface area contributed by atoms with Crippen LogP contribution in [0, 0.1) is 0 Å². The molecule has 1 fully saturated rings. The fourth-order valence-electron chi connectivity index (χ4n) is 2.81. The van der Waals surface area contributed by atoms with Gasteiger partial charge in [-0.05, 0) is 36.6 Å². The van der Waals surface area contributed by atoms with E-state index in [2.05, 4.69) is 4.98 Å². The number of aliphatic carboxylic acids is 1. The summed E-state index contributed by atoms with van der Waals surface area (Å²) in [6.45, 7) is 0.497. The fourth-order valence-corrected chi connectivity index (χ4v) is 2.81. The normalized spacial score (nSPS) is 18.2. The lowest BCUT2D eigenvalue weighted by molar-refractivity contribution is -0.146. The molecule has 0 bridgehead atoms. The first-order valence-electron chi connectivity index (χ1n) is 7.22. The van der Waals surface area contributed by atoms with Crippen LogP contribution < -0.4 is 0 Å². The molecule has 0 unspecified atom stereocenters. The first-order valence-corrected chi connectivity index (χ1v) is 7.22. The maximum Gasteiger partial charge on any atom is 0.326 e. The average Bonchev–Trinajstić information content (AvgIpc) is 3.02. The van der Waals surface area contributed by atoms with E-state index in [1.165, 1.54) is 11.0 Å². The van der Waals surface area contributed by atoms with Gasteiger partial charge < -0.3 is 10.0 Å². The number of aromatic nitrogens is 1. The van der Waals surface area contributed by atoms with Crippen molar-refractivity contribution in [1.82, 2.24) is 9.88 Å². The van der Waals surface area contributed by atoms with E-state index in [4.69, 9.17) is 5.11 Å². The number of amides is 1. The summed E-state index contributed by atoms with van der Waals surface area (Å²) in [4.78, 5) is 29.1. The Bertz CT molecular complexity index is 749. The molecule has 3 rings (SSSR count). The summed E-state index contributed by atoms with van der Waals surface area (Å²) in [5.74, 6) is -1.19. The van der Waals surface area contributed by atoms with Crippen molar-refractivity contribution >= 4 is 28.9 Å². The van der Waals surface area contributed by atoms with Crippen LogP contribution in [0.15, 0.2) is 42.6 Å². The molecule has 112 valence electrons. The van der Waals surface area contributed by atoms with E-state index in [0.29, 0.717) is 13.0 Å². The number of carboxylic acids is 1. The average molecular weight is 296 g/mol. The number of para-hydroxylation sites is 1. The summed E-state index contributed by atoms with van der Waals surface area (Å²) in [5, 5.41) is 10.1. The smallest absolute Gasteiger partial charge is 0.326 e. The van der Waals surface area contributed by atoms with Gasteiger partial charge in [0.15, 0.2) is 0 Å². The van der Waals surface area contributed by atoms with Crippen LogP contribution in [-0.4, -0.2) is 39.5 Å². The molecule has 1 atom stereocenters. The van der Waals surface area contributed by atoms with Gasteiger partial charge in [-0.1, -0.05) is 18.2 Å². The lowest BCUT2D eigenvalue weighted by Gasteiger charge is -2.19. The predicted octanol–water partition coefficient (Wildman–Crippen LogP) is 2.32. The quantitative estimate of drug-likeness (QED) is 0.882. The van der Waals surface area contributed by atoms with Crippen molar-refractivity contribution in [2.24, 2.45) is 0 Å². The molecule has 1 aliphatic heterocycles. The van der Waals surface area contributed by atoms with Crippen molar-refractivity contribution < 1.29 is 14.7 Å². The zero-order valence-corrected chi connectivity index (χ0v) is 12.0. The van der Waals surface area contributed by atoms with E-state index in [9.17, 15) is 9.59 Å². The molecule has 1 amide bonds. The Kier molecular flexibility index (Phi) is 3.87. The van der Waals surface area contributed by atoms with E-state index < -0.39 is 12.0 Å². The van der Waals surface area contributed by atoms with E-state index in [-0.39, 0.29) is 5.91 Å². The van der Waals surface area contributed by atoms with Crippen LogP contribution in [0.5, 0.6) is 0 Å². The van der Waals surface area contributed by atoms with Crippen molar-refractivity contribution in [3.05, 3.63) is 48.2 Å². The highest BCUT2D eigenvalue weighted by molar-refractivity contribution is 5.97. The van der Waals surface area contributed by atoms with Crippen molar-refractivity contribution in [1.29, 1.82) is 0 Å². The number of hydrogen-bond acceptors (Lipinski definition) is 3. The number of fused-ring (bicyclic) bond motifs is 1. The third-order valence-electron chi connectivity index (χ3n) is 3.91. The van der Waals surface area contributed by atoms with Gasteiger partial charge in [0.05, 0.1) is 5.52 Å². The zero-order chi connectivity index (χ0) is 15.5. The molecule has 2 heterocycles. The Labute approximate surface area is 127 Å². The molecule has 0 radical (unpaired) electrons. The molecule has 5 heteroatoms. The molecule has 1 N–H and O–H groups in total. The Morgan fingerprint density at radius 3 is 2.91 bits per heavy atom. The van der Waals surface area contributed by atoms with Gasteiger partial charge in [-0.25, -0.2) is 4.79 Å². The monoisotopic (exact) mass is 296 g/mol. The highest BCUT2D eigenvalue weighted by Gasteiger charge is 2.32. The summed E-state index contributed by atoms with van der Waals surface area (Å²) in [5.41, 5.74) is 1.76. The molecule has 1 saturated heterocycles. The molecule has 0 saturated carbocycles. The van der Waals surface area contributed by atoms with Crippen molar-refractivity contribution in [2.45, 2.75) is 18.9 Å². The summed E-state index contributed by atoms with van der Waals surface area (Å²) in [6, 6.07) is 8.83. The highest BCUT2D eigenvalue weighted by Crippen LogP contribution is 2.20. The maximum atomic E-state index is 12.2. The maximum absolute atomic E-state index is 12.2. The van der Waals surface area contributed by atoms with Crippen LogP contribution in [0.4, 0.5) is 0 Å². The van der Waals surface area contributed by atoms with Gasteiger partial charge in [-0.15, -0.1) is 0 Å². The second-order valence-electron chi connectivity index (χ2n) is 5.28. The third kappa shape index (κ3) is 2.70. The van der Waals surface area contributed by atoms with E-state index >= 15 is 0 Å².